The van der Waals surface area contributed by atoms with Crippen LogP contribution in [0.1, 0.15) is 16.1 Å². The number of hydrogen-bond acceptors (Lipinski definition) is 2. The van der Waals surface area contributed by atoms with Crippen molar-refractivity contribution in [2.24, 2.45) is 0 Å². The molecule has 1 aromatic heterocycles. The highest BCUT2D eigenvalue weighted by molar-refractivity contribution is 9.11. The average Bonchev–Trinajstić information content (AvgIpc) is 2.61. The van der Waals surface area contributed by atoms with Crippen molar-refractivity contribution in [3.63, 3.8) is 0 Å². The molecule has 0 radical (unpaired) electrons. The number of aromatic nitrogens is 1. The molecule has 0 N–H and O–H groups in total. The van der Waals surface area contributed by atoms with Crippen LogP contribution in [0.25, 0.3) is 28.1 Å². The lowest BCUT2D eigenvalue weighted by atomic mass is 10.0. The van der Waals surface area contributed by atoms with Crippen molar-refractivity contribution >= 4 is 54.6 Å². The Morgan fingerprint density at radius 2 is 1.74 bits per heavy atom. The summed E-state index contributed by atoms with van der Waals surface area (Å²) >= 11 is 6.46. The predicted molar refractivity (Wildman–Crippen MR) is 103 cm³/mol. The monoisotopic (exact) mass is 429 g/mol. The van der Waals surface area contributed by atoms with Crippen molar-refractivity contribution in [1.29, 1.82) is 0 Å². The summed E-state index contributed by atoms with van der Waals surface area (Å²) in [5.41, 5.74) is 4.76. The van der Waals surface area contributed by atoms with Gasteiger partial charge >= 0.3 is 0 Å². The number of alkyl halides is 1. The van der Waals surface area contributed by atoms with Crippen LogP contribution in [-0.4, -0.2) is 16.1 Å². The van der Waals surface area contributed by atoms with Crippen LogP contribution in [0.5, 0.6) is 0 Å². The van der Waals surface area contributed by atoms with Crippen LogP contribution in [0.15, 0.2) is 59.6 Å². The number of carbonyl (C=O) groups is 1. The first-order valence-corrected chi connectivity index (χ1v) is 9.12. The Labute approximate surface area is 151 Å². The van der Waals surface area contributed by atoms with Gasteiger partial charge in [-0.3, -0.25) is 4.79 Å². The molecule has 0 bridgehead atoms. The van der Waals surface area contributed by atoms with Gasteiger partial charge in [0.2, 0.25) is 0 Å². The van der Waals surface area contributed by atoms with Crippen LogP contribution < -0.4 is 0 Å². The second-order valence-electron chi connectivity index (χ2n) is 5.08. The molecule has 3 aromatic rings. The van der Waals surface area contributed by atoms with Gasteiger partial charge in [0.15, 0.2) is 5.78 Å². The van der Waals surface area contributed by atoms with E-state index in [9.17, 15) is 4.79 Å². The van der Waals surface area contributed by atoms with Crippen LogP contribution in [0.4, 0.5) is 0 Å². The number of ketones is 1. The van der Waals surface area contributed by atoms with E-state index in [1.807, 2.05) is 29.3 Å². The SMILES string of the molecule is O=C(CBr)c1ccc2cc(-c3ccc(C=CBr)cc3)ccc2n1. The maximum atomic E-state index is 11.7. The van der Waals surface area contributed by atoms with Crippen molar-refractivity contribution in [2.45, 2.75) is 0 Å². The largest absolute Gasteiger partial charge is 0.291 e. The number of rotatable bonds is 4. The molecule has 2 nitrogen and oxygen atoms in total. The van der Waals surface area contributed by atoms with Gasteiger partial charge in [0, 0.05) is 5.39 Å². The molecule has 23 heavy (non-hydrogen) atoms. The number of fused-ring (bicyclic) bond motifs is 1. The third kappa shape index (κ3) is 3.59. The normalized spacial score (nSPS) is 11.2. The molecule has 3 rings (SSSR count). The molecule has 0 atom stereocenters. The van der Waals surface area contributed by atoms with E-state index in [1.165, 1.54) is 0 Å². The Hall–Kier alpha value is -1.78. The molecule has 0 amide bonds. The number of carbonyl (C=O) groups excluding carboxylic acids is 1. The molecule has 2 aromatic carbocycles. The Balaban J connectivity index is 1.98. The molecule has 0 saturated carbocycles. The summed E-state index contributed by atoms with van der Waals surface area (Å²) in [5.74, 6) is -0.00795. The van der Waals surface area contributed by atoms with E-state index in [0.29, 0.717) is 11.0 Å². The van der Waals surface area contributed by atoms with Crippen LogP contribution in [-0.2, 0) is 0 Å². The molecule has 4 heteroatoms. The Morgan fingerprint density at radius 1 is 1.00 bits per heavy atom. The van der Waals surface area contributed by atoms with E-state index in [2.05, 4.69) is 67.2 Å². The Kier molecular flexibility index (Phi) is 5.03. The van der Waals surface area contributed by atoms with Gasteiger partial charge < -0.3 is 0 Å². The molecule has 0 aliphatic rings. The highest BCUT2D eigenvalue weighted by atomic mass is 79.9. The zero-order valence-corrected chi connectivity index (χ0v) is 15.3. The molecule has 0 unspecified atom stereocenters. The van der Waals surface area contributed by atoms with Gasteiger partial charge in [-0.05, 0) is 46.0 Å². The maximum absolute atomic E-state index is 11.7. The first kappa shape index (κ1) is 16.1. The quantitative estimate of drug-likeness (QED) is 0.384. The van der Waals surface area contributed by atoms with E-state index in [4.69, 9.17) is 0 Å². The first-order valence-electron chi connectivity index (χ1n) is 7.08. The van der Waals surface area contributed by atoms with Gasteiger partial charge in [-0.25, -0.2) is 4.98 Å². The van der Waals surface area contributed by atoms with E-state index < -0.39 is 0 Å². The summed E-state index contributed by atoms with van der Waals surface area (Å²) in [5, 5.41) is 1.32. The third-order valence-electron chi connectivity index (χ3n) is 3.60. The minimum absolute atomic E-state index is 0.00795. The highest BCUT2D eigenvalue weighted by Gasteiger charge is 2.07. The van der Waals surface area contributed by atoms with Crippen LogP contribution in [0.2, 0.25) is 0 Å². The lowest BCUT2D eigenvalue weighted by Crippen LogP contribution is -2.02. The Bertz CT molecular complexity index is 886. The van der Waals surface area contributed by atoms with E-state index in [1.54, 1.807) is 6.07 Å². The summed E-state index contributed by atoms with van der Waals surface area (Å²) in [6.07, 6.45) is 2.00. The van der Waals surface area contributed by atoms with Crippen molar-refractivity contribution in [3.8, 4) is 11.1 Å². The maximum Gasteiger partial charge on any atom is 0.191 e. The smallest absolute Gasteiger partial charge is 0.191 e. The molecule has 0 aliphatic heterocycles. The topological polar surface area (TPSA) is 30.0 Å². The van der Waals surface area contributed by atoms with Crippen molar-refractivity contribution in [2.75, 3.05) is 5.33 Å². The van der Waals surface area contributed by atoms with Crippen LogP contribution in [0, 0.1) is 0 Å². The fourth-order valence-corrected chi connectivity index (χ4v) is 2.98. The van der Waals surface area contributed by atoms with E-state index >= 15 is 0 Å². The average molecular weight is 431 g/mol. The van der Waals surface area contributed by atoms with Gasteiger partial charge in [-0.1, -0.05) is 68.3 Å². The number of pyridine rings is 1. The van der Waals surface area contributed by atoms with E-state index in [0.717, 1.165) is 27.6 Å². The third-order valence-corrected chi connectivity index (χ3v) is 4.37. The number of halogens is 2. The predicted octanol–water partition coefficient (Wildman–Crippen LogP) is 5.85. The van der Waals surface area contributed by atoms with Gasteiger partial charge in [-0.15, -0.1) is 0 Å². The van der Waals surface area contributed by atoms with Crippen LogP contribution >= 0.6 is 31.9 Å². The molecule has 1 heterocycles. The lowest BCUT2D eigenvalue weighted by molar-refractivity contribution is 0.101. The minimum Gasteiger partial charge on any atom is -0.291 e. The van der Waals surface area contributed by atoms with Crippen molar-refractivity contribution < 1.29 is 4.79 Å². The molecule has 0 aliphatic carbocycles. The number of hydrogen-bond donors (Lipinski definition) is 0. The number of Topliss-reactive ketones (excluding diaryl/α,β-unsaturated/α-hetero) is 1. The Morgan fingerprint density at radius 3 is 2.43 bits per heavy atom. The molecule has 114 valence electrons. The zero-order chi connectivity index (χ0) is 16.2. The highest BCUT2D eigenvalue weighted by Crippen LogP contribution is 2.24. The van der Waals surface area contributed by atoms with Crippen molar-refractivity contribution in [1.82, 2.24) is 4.98 Å². The van der Waals surface area contributed by atoms with Crippen LogP contribution in [0.3, 0.4) is 0 Å². The lowest BCUT2D eigenvalue weighted by Gasteiger charge is -2.06. The summed E-state index contributed by atoms with van der Waals surface area (Å²) in [6.45, 7) is 0. The number of nitrogens with zero attached hydrogens (tertiary/aromatic N) is 1. The molecule has 0 saturated heterocycles. The summed E-state index contributed by atoms with van der Waals surface area (Å²) in [7, 11) is 0. The zero-order valence-electron chi connectivity index (χ0n) is 12.2. The fraction of sp³-hybridized carbons (Fsp3) is 0.0526. The van der Waals surface area contributed by atoms with Gasteiger partial charge in [0.1, 0.15) is 5.69 Å². The van der Waals surface area contributed by atoms with Gasteiger partial charge in [0.05, 0.1) is 10.8 Å². The van der Waals surface area contributed by atoms with E-state index in [-0.39, 0.29) is 5.78 Å². The van der Waals surface area contributed by atoms with Crippen molar-refractivity contribution in [3.05, 3.63) is 70.8 Å². The summed E-state index contributed by atoms with van der Waals surface area (Å²) < 4.78 is 0. The summed E-state index contributed by atoms with van der Waals surface area (Å²) in [4.78, 5) is 18.0. The minimum atomic E-state index is -0.00795. The first-order chi connectivity index (χ1) is 11.2. The standard InChI is InChI=1S/C19H13Br2NO/c20-10-9-13-1-3-14(4-2-13)15-5-7-17-16(11-15)6-8-18(22-17)19(23)12-21/h1-11H,12H2. The number of benzene rings is 2. The molecular formula is C19H13Br2NO. The fourth-order valence-electron chi connectivity index (χ4n) is 2.39. The van der Waals surface area contributed by atoms with Gasteiger partial charge in [-0.2, -0.15) is 0 Å². The van der Waals surface area contributed by atoms with Gasteiger partial charge in [0.25, 0.3) is 0 Å². The molecule has 0 fully saturated rings. The molecular weight excluding hydrogens is 418 g/mol. The summed E-state index contributed by atoms with van der Waals surface area (Å²) in [6, 6.07) is 18.2. The second-order valence-corrected chi connectivity index (χ2v) is 6.16. The molecule has 0 spiro atoms. The second kappa shape index (κ2) is 7.20.